The van der Waals surface area contributed by atoms with E-state index in [1.54, 1.807) is 0 Å². The molecule has 0 amide bonds. The van der Waals surface area contributed by atoms with Crippen LogP contribution in [0, 0.1) is 41.4 Å². The first-order valence-electron chi connectivity index (χ1n) is 13.4. The summed E-state index contributed by atoms with van der Waals surface area (Å²) in [7, 11) is 0. The zero-order chi connectivity index (χ0) is 21.1. The lowest BCUT2D eigenvalue weighted by atomic mass is 9.66. The highest BCUT2D eigenvalue weighted by Crippen LogP contribution is 2.46. The normalized spacial score (nSPS) is 46.6. The zero-order valence-electron chi connectivity index (χ0n) is 19.2. The second kappa shape index (κ2) is 10.6. The third-order valence-electron chi connectivity index (χ3n) is 9.82. The van der Waals surface area contributed by atoms with Crippen LogP contribution >= 0.6 is 0 Å². The quantitative estimate of drug-likeness (QED) is 0.413. The Balaban J connectivity index is 1.18. The highest BCUT2D eigenvalue weighted by Gasteiger charge is 2.43. The average molecular weight is 427 g/mol. The second-order valence-corrected chi connectivity index (χ2v) is 11.7. The topological polar surface area (TPSA) is 0 Å². The van der Waals surface area contributed by atoms with Gasteiger partial charge < -0.3 is 0 Å². The SMILES string of the molecule is CC1CCC(C2CCC(CCC3CCC(C4CCCCC4)C(F)C3F)CC2)C(F)C1. The third kappa shape index (κ3) is 5.40. The zero-order valence-corrected chi connectivity index (χ0v) is 19.2. The van der Waals surface area contributed by atoms with Gasteiger partial charge in [-0.1, -0.05) is 64.7 Å². The number of hydrogen-bond acceptors (Lipinski definition) is 0. The van der Waals surface area contributed by atoms with Gasteiger partial charge in [-0.05, 0) is 86.4 Å². The molecule has 30 heavy (non-hydrogen) atoms. The van der Waals surface area contributed by atoms with Crippen molar-refractivity contribution in [1.82, 2.24) is 0 Å². The summed E-state index contributed by atoms with van der Waals surface area (Å²) in [5, 5.41) is 0. The Labute approximate surface area is 183 Å². The molecule has 0 saturated heterocycles. The van der Waals surface area contributed by atoms with E-state index in [0.29, 0.717) is 29.6 Å². The monoisotopic (exact) mass is 426 g/mol. The van der Waals surface area contributed by atoms with Crippen LogP contribution < -0.4 is 0 Å². The summed E-state index contributed by atoms with van der Waals surface area (Å²) in [6, 6.07) is 0. The van der Waals surface area contributed by atoms with Crippen LogP contribution in [0.4, 0.5) is 13.2 Å². The van der Waals surface area contributed by atoms with Crippen LogP contribution in [0.1, 0.15) is 110 Å². The molecule has 0 spiro atoms. The van der Waals surface area contributed by atoms with E-state index >= 15 is 0 Å². The largest absolute Gasteiger partial charge is 0.247 e. The number of hydrogen-bond donors (Lipinski definition) is 0. The molecule has 0 aromatic carbocycles. The highest BCUT2D eigenvalue weighted by atomic mass is 19.2. The van der Waals surface area contributed by atoms with E-state index in [0.717, 1.165) is 64.2 Å². The van der Waals surface area contributed by atoms with Crippen LogP contribution in [0.5, 0.6) is 0 Å². The molecular formula is C27H45F3. The van der Waals surface area contributed by atoms with Gasteiger partial charge in [-0.25, -0.2) is 13.2 Å². The van der Waals surface area contributed by atoms with Gasteiger partial charge in [0.15, 0.2) is 0 Å². The van der Waals surface area contributed by atoms with Crippen molar-refractivity contribution in [1.29, 1.82) is 0 Å². The van der Waals surface area contributed by atoms with Crippen molar-refractivity contribution in [3.63, 3.8) is 0 Å². The van der Waals surface area contributed by atoms with Gasteiger partial charge in [-0.2, -0.15) is 0 Å². The molecule has 0 N–H and O–H groups in total. The van der Waals surface area contributed by atoms with Crippen LogP contribution in [0.25, 0.3) is 0 Å². The van der Waals surface area contributed by atoms with Gasteiger partial charge in [0.2, 0.25) is 0 Å². The van der Waals surface area contributed by atoms with Crippen molar-refractivity contribution in [2.75, 3.05) is 0 Å². The third-order valence-corrected chi connectivity index (χ3v) is 9.82. The fraction of sp³-hybridized carbons (Fsp3) is 1.00. The Kier molecular flexibility index (Phi) is 8.12. The van der Waals surface area contributed by atoms with E-state index in [4.69, 9.17) is 0 Å². The lowest BCUT2D eigenvalue weighted by Crippen LogP contribution is -2.42. The van der Waals surface area contributed by atoms with E-state index in [1.165, 1.54) is 38.5 Å². The standard InChI is InChI=1S/C27H45F3/c1-18-7-15-23(25(28)17-18)21-11-8-19(9-12-21)10-13-22-14-16-24(27(30)26(22)29)20-5-3-2-4-6-20/h18-27H,2-17H2,1H3. The number of halogens is 3. The Hall–Kier alpha value is -0.210. The molecule has 0 heterocycles. The maximum absolute atomic E-state index is 15.0. The van der Waals surface area contributed by atoms with Crippen molar-refractivity contribution in [3.8, 4) is 0 Å². The van der Waals surface area contributed by atoms with Crippen LogP contribution in [0.2, 0.25) is 0 Å². The van der Waals surface area contributed by atoms with Crippen LogP contribution in [0.3, 0.4) is 0 Å². The lowest BCUT2D eigenvalue weighted by molar-refractivity contribution is -0.0133. The summed E-state index contributed by atoms with van der Waals surface area (Å²) in [5.41, 5.74) is 0. The van der Waals surface area contributed by atoms with E-state index in [-0.39, 0.29) is 11.8 Å². The van der Waals surface area contributed by atoms with Crippen molar-refractivity contribution in [2.24, 2.45) is 41.4 Å². The molecule has 4 fully saturated rings. The minimum Gasteiger partial charge on any atom is -0.247 e. The molecule has 7 unspecified atom stereocenters. The van der Waals surface area contributed by atoms with Gasteiger partial charge in [0.05, 0.1) is 0 Å². The Bertz CT molecular complexity index is 508. The molecule has 0 bridgehead atoms. The summed E-state index contributed by atoms with van der Waals surface area (Å²) in [5.74, 6) is 2.42. The van der Waals surface area contributed by atoms with E-state index in [1.807, 2.05) is 0 Å². The molecule has 0 radical (unpaired) electrons. The molecule has 4 rings (SSSR count). The highest BCUT2D eigenvalue weighted by molar-refractivity contribution is 4.92. The lowest BCUT2D eigenvalue weighted by Gasteiger charge is -2.41. The molecule has 4 aliphatic rings. The van der Waals surface area contributed by atoms with Crippen molar-refractivity contribution in [2.45, 2.75) is 128 Å². The molecular weight excluding hydrogens is 381 g/mol. The van der Waals surface area contributed by atoms with E-state index < -0.39 is 18.5 Å². The molecule has 7 atom stereocenters. The average Bonchev–Trinajstić information content (AvgIpc) is 2.76. The minimum atomic E-state index is -1.24. The molecule has 3 heteroatoms. The predicted octanol–water partition coefficient (Wildman–Crippen LogP) is 8.63. The molecule has 0 nitrogen and oxygen atoms in total. The van der Waals surface area contributed by atoms with Gasteiger partial charge in [-0.15, -0.1) is 0 Å². The smallest absolute Gasteiger partial charge is 0.134 e. The molecule has 174 valence electrons. The molecule has 0 aromatic heterocycles. The van der Waals surface area contributed by atoms with Gasteiger partial charge in [-0.3, -0.25) is 0 Å². The second-order valence-electron chi connectivity index (χ2n) is 11.7. The van der Waals surface area contributed by atoms with Crippen molar-refractivity contribution < 1.29 is 13.2 Å². The summed E-state index contributed by atoms with van der Waals surface area (Å²) in [6.45, 7) is 2.18. The Morgan fingerprint density at radius 3 is 1.97 bits per heavy atom. The minimum absolute atomic E-state index is 0.0150. The van der Waals surface area contributed by atoms with Gasteiger partial charge in [0, 0.05) is 0 Å². The van der Waals surface area contributed by atoms with E-state index in [2.05, 4.69) is 6.92 Å². The summed E-state index contributed by atoms with van der Waals surface area (Å²) < 4.78 is 44.5. The summed E-state index contributed by atoms with van der Waals surface area (Å²) in [6.07, 6.45) is 14.3. The van der Waals surface area contributed by atoms with Crippen LogP contribution in [0.15, 0.2) is 0 Å². The first-order valence-corrected chi connectivity index (χ1v) is 13.4. The fourth-order valence-electron chi connectivity index (χ4n) is 7.80. The van der Waals surface area contributed by atoms with Gasteiger partial charge >= 0.3 is 0 Å². The molecule has 0 aromatic rings. The Morgan fingerprint density at radius 1 is 0.600 bits per heavy atom. The van der Waals surface area contributed by atoms with E-state index in [9.17, 15) is 13.2 Å². The maximum Gasteiger partial charge on any atom is 0.134 e. The van der Waals surface area contributed by atoms with Gasteiger partial charge in [0.1, 0.15) is 18.5 Å². The fourth-order valence-corrected chi connectivity index (χ4v) is 7.80. The number of rotatable bonds is 5. The molecule has 4 aliphatic carbocycles. The van der Waals surface area contributed by atoms with Crippen LogP contribution in [-0.2, 0) is 0 Å². The molecule has 0 aliphatic heterocycles. The maximum atomic E-state index is 15.0. The van der Waals surface area contributed by atoms with Gasteiger partial charge in [0.25, 0.3) is 0 Å². The molecule has 4 saturated carbocycles. The first kappa shape index (κ1) is 23.0. The summed E-state index contributed by atoms with van der Waals surface area (Å²) in [4.78, 5) is 0. The van der Waals surface area contributed by atoms with Crippen LogP contribution in [-0.4, -0.2) is 18.5 Å². The summed E-state index contributed by atoms with van der Waals surface area (Å²) >= 11 is 0. The Morgan fingerprint density at radius 2 is 1.27 bits per heavy atom. The predicted molar refractivity (Wildman–Crippen MR) is 119 cm³/mol. The van der Waals surface area contributed by atoms with Crippen molar-refractivity contribution in [3.05, 3.63) is 0 Å². The first-order chi connectivity index (χ1) is 14.5. The number of alkyl halides is 3. The van der Waals surface area contributed by atoms with Crippen molar-refractivity contribution >= 4 is 0 Å².